The van der Waals surface area contributed by atoms with Crippen molar-refractivity contribution >= 4 is 37.9 Å². The van der Waals surface area contributed by atoms with Gasteiger partial charge in [-0.3, -0.25) is 9.79 Å². The van der Waals surface area contributed by atoms with Crippen LogP contribution in [0.15, 0.2) is 47.6 Å². The van der Waals surface area contributed by atoms with Gasteiger partial charge in [0, 0.05) is 24.9 Å². The van der Waals surface area contributed by atoms with Crippen LogP contribution in [0.4, 0.5) is 10.5 Å². The summed E-state index contributed by atoms with van der Waals surface area (Å²) in [6.45, 7) is 18.5. The fourth-order valence-corrected chi connectivity index (χ4v) is 10.8. The minimum atomic E-state index is -2.32. The van der Waals surface area contributed by atoms with Gasteiger partial charge in [-0.05, 0) is 66.7 Å². The average Bonchev–Trinajstić information content (AvgIpc) is 3.29. The van der Waals surface area contributed by atoms with Gasteiger partial charge in [0.1, 0.15) is 11.4 Å². The maximum atomic E-state index is 13.8. The van der Waals surface area contributed by atoms with Gasteiger partial charge in [-0.2, -0.15) is 0 Å². The molecule has 0 fully saturated rings. The summed E-state index contributed by atoms with van der Waals surface area (Å²) < 4.78 is 22.5. The van der Waals surface area contributed by atoms with Gasteiger partial charge in [0.2, 0.25) is 5.75 Å². The second-order valence-electron chi connectivity index (χ2n) is 13.0. The summed E-state index contributed by atoms with van der Waals surface area (Å²) >= 11 is 0. The third kappa shape index (κ3) is 6.80. The van der Waals surface area contributed by atoms with Gasteiger partial charge in [-0.15, -0.1) is 0 Å². The number of ether oxygens (including phenoxy) is 3. The van der Waals surface area contributed by atoms with E-state index in [1.165, 1.54) is 0 Å². The molecule has 1 atom stereocenters. The highest BCUT2D eigenvalue weighted by molar-refractivity contribution is 6.77. The number of rotatable bonds is 9. The van der Waals surface area contributed by atoms with Crippen LogP contribution in [0.25, 0.3) is 5.57 Å². The summed E-state index contributed by atoms with van der Waals surface area (Å²) in [7, 11) is -0.769. The lowest BCUT2D eigenvalue weighted by Crippen LogP contribution is -2.48. The van der Waals surface area contributed by atoms with Gasteiger partial charge >= 0.3 is 6.16 Å². The van der Waals surface area contributed by atoms with E-state index in [0.29, 0.717) is 51.5 Å². The Kier molecular flexibility index (Phi) is 9.41. The van der Waals surface area contributed by atoms with Crippen LogP contribution in [0.3, 0.4) is 0 Å². The molecule has 0 aliphatic carbocycles. The zero-order valence-electron chi connectivity index (χ0n) is 26.9. The van der Waals surface area contributed by atoms with Crippen LogP contribution in [-0.2, 0) is 9.31 Å². The zero-order valence-corrected chi connectivity index (χ0v) is 27.9. The highest BCUT2D eigenvalue weighted by Gasteiger charge is 2.48. The third-order valence-electron chi connectivity index (χ3n) is 8.01. The predicted octanol–water partition coefficient (Wildman–Crippen LogP) is 8.47. The maximum absolute atomic E-state index is 13.8. The van der Waals surface area contributed by atoms with Gasteiger partial charge < -0.3 is 24.0 Å². The average molecular weight is 609 g/mol. The summed E-state index contributed by atoms with van der Waals surface area (Å²) in [5.41, 5.74) is 3.16. The van der Waals surface area contributed by atoms with Crippen molar-refractivity contribution in [1.82, 2.24) is 4.90 Å². The smallest absolute Gasteiger partial charge is 0.493 e. The molecule has 0 aromatic heterocycles. The molecule has 43 heavy (non-hydrogen) atoms. The molecule has 0 bridgehead atoms. The van der Waals surface area contributed by atoms with Gasteiger partial charge in [-0.25, -0.2) is 9.37 Å². The van der Waals surface area contributed by atoms with E-state index >= 15 is 0 Å². The third-order valence-corrected chi connectivity index (χ3v) is 13.8. The van der Waals surface area contributed by atoms with Crippen molar-refractivity contribution in [2.45, 2.75) is 97.0 Å². The molecule has 0 spiro atoms. The first-order valence-electron chi connectivity index (χ1n) is 14.8. The lowest BCUT2D eigenvalue weighted by atomic mass is 10.0. The number of nitrogens with zero attached hydrogens (tertiary/aromatic N) is 2. The van der Waals surface area contributed by atoms with Gasteiger partial charge in [0.05, 0.1) is 24.4 Å². The number of aliphatic imine (C=N–C) groups is 1. The van der Waals surface area contributed by atoms with E-state index in [2.05, 4.69) is 41.5 Å². The van der Waals surface area contributed by atoms with Gasteiger partial charge in [0.25, 0.3) is 14.2 Å². The van der Waals surface area contributed by atoms with Crippen molar-refractivity contribution in [3.05, 3.63) is 53.7 Å². The lowest BCUT2D eigenvalue weighted by molar-refractivity contribution is -0.121. The molecule has 4 rings (SSSR count). The van der Waals surface area contributed by atoms with Crippen LogP contribution < -0.4 is 14.4 Å². The number of hydrogen-bond acceptors (Lipinski definition) is 8. The van der Waals surface area contributed by atoms with E-state index in [1.54, 1.807) is 63.3 Å². The Morgan fingerprint density at radius 3 is 2.16 bits per heavy atom. The number of fused-ring (bicyclic) bond motifs is 2. The molecule has 232 valence electrons. The van der Waals surface area contributed by atoms with Crippen molar-refractivity contribution in [3.63, 3.8) is 0 Å². The second kappa shape index (κ2) is 12.5. The van der Waals surface area contributed by atoms with Crippen LogP contribution in [0, 0.1) is 0 Å². The quantitative estimate of drug-likeness (QED) is 0.0926. The van der Waals surface area contributed by atoms with Crippen LogP contribution in [-0.4, -0.2) is 50.2 Å². The van der Waals surface area contributed by atoms with Crippen molar-refractivity contribution in [2.75, 3.05) is 7.11 Å². The van der Waals surface area contributed by atoms with Gasteiger partial charge in [-0.1, -0.05) is 53.7 Å². The van der Waals surface area contributed by atoms with E-state index in [4.69, 9.17) is 28.7 Å². The van der Waals surface area contributed by atoms with Crippen molar-refractivity contribution < 1.29 is 33.3 Å². The summed E-state index contributed by atoms with van der Waals surface area (Å²) in [5, 5.41) is 0. The van der Waals surface area contributed by atoms with Crippen LogP contribution in [0.1, 0.15) is 84.7 Å². The first-order valence-corrected chi connectivity index (χ1v) is 17.0. The second-order valence-corrected chi connectivity index (χ2v) is 18.3. The maximum Gasteiger partial charge on any atom is 0.514 e. The van der Waals surface area contributed by atoms with E-state index < -0.39 is 20.1 Å². The predicted molar refractivity (Wildman–Crippen MR) is 170 cm³/mol. The molecule has 9 nitrogen and oxygen atoms in total. The minimum absolute atomic E-state index is 0.182. The molecule has 10 heteroatoms. The largest absolute Gasteiger partial charge is 0.514 e. The molecule has 2 aliphatic rings. The number of methoxy groups -OCH3 is 1. The summed E-state index contributed by atoms with van der Waals surface area (Å²) in [5.74, 6) is 1.00. The highest BCUT2D eigenvalue weighted by Crippen LogP contribution is 2.45. The summed E-state index contributed by atoms with van der Waals surface area (Å²) in [6, 6.07) is 10.3. The molecule has 0 radical (unpaired) electrons. The fourth-order valence-electron chi connectivity index (χ4n) is 6.03. The highest BCUT2D eigenvalue weighted by atomic mass is 28.4. The first kappa shape index (κ1) is 32.3. The molecule has 0 saturated heterocycles. The molecule has 0 unspecified atom stereocenters. The van der Waals surface area contributed by atoms with Crippen molar-refractivity contribution in [1.29, 1.82) is 0 Å². The Morgan fingerprint density at radius 2 is 1.60 bits per heavy atom. The number of carbonyl (C=O) groups is 2. The van der Waals surface area contributed by atoms with Crippen LogP contribution in [0.5, 0.6) is 17.2 Å². The van der Waals surface area contributed by atoms with E-state index in [1.807, 2.05) is 18.3 Å². The van der Waals surface area contributed by atoms with Gasteiger partial charge in [0.15, 0.2) is 5.75 Å². The lowest BCUT2D eigenvalue weighted by Gasteiger charge is -2.39. The van der Waals surface area contributed by atoms with E-state index in [-0.39, 0.29) is 11.9 Å². The number of benzene rings is 2. The molecule has 2 aliphatic heterocycles. The van der Waals surface area contributed by atoms with E-state index in [0.717, 1.165) is 11.1 Å². The van der Waals surface area contributed by atoms with Crippen molar-refractivity contribution in [3.8, 4) is 17.2 Å². The molecular formula is C33H44N2O7Si. The molecular weight excluding hydrogens is 564 g/mol. The molecule has 2 aromatic rings. The monoisotopic (exact) mass is 608 g/mol. The molecule has 1 amide bonds. The Morgan fingerprint density at radius 1 is 0.977 bits per heavy atom. The van der Waals surface area contributed by atoms with Crippen LogP contribution >= 0.6 is 0 Å². The van der Waals surface area contributed by atoms with Crippen molar-refractivity contribution in [2.24, 2.45) is 4.99 Å². The van der Waals surface area contributed by atoms with Crippen LogP contribution in [0.2, 0.25) is 16.6 Å². The van der Waals surface area contributed by atoms with E-state index in [9.17, 15) is 9.59 Å². The Bertz CT molecular complexity index is 1390. The first-order chi connectivity index (χ1) is 20.2. The molecule has 0 N–H and O–H groups in total. The topological polar surface area (TPSA) is 95.9 Å². The molecule has 2 heterocycles. The molecule has 0 saturated carbocycles. The number of hydrogen-bond donors (Lipinski definition) is 0. The number of amides is 1. The minimum Gasteiger partial charge on any atom is -0.493 e. The Balaban J connectivity index is 1.54. The zero-order chi connectivity index (χ0) is 31.7. The fraction of sp³-hybridized carbons (Fsp3) is 0.485. The Hall–Kier alpha value is -3.63. The Labute approximate surface area is 255 Å². The molecule has 2 aromatic carbocycles. The summed E-state index contributed by atoms with van der Waals surface area (Å²) in [4.78, 5) is 38.2. The SMILES string of the molecule is COc1cc2c(cc1OO[Si](C(C)C)(C(C)C)C(C)C)N=C[C@@H]1CC(c3ccc(OC(=O)OC(C)(C)C)cc3)=CN1C2=O. The normalized spacial score (nSPS) is 16.7. The number of carbonyl (C=O) groups excluding carboxylic acids is 2. The summed E-state index contributed by atoms with van der Waals surface area (Å²) in [6.07, 6.45) is 3.47. The standard InChI is InChI=1S/C33H44N2O7Si/c1-20(2)43(21(3)4,22(5)6)42-41-30-17-28-27(16-29(30)38-10)31(36)35-19-24(15-25(35)18-34-28)23-11-13-26(14-12-23)39-32(37)40-33(7,8)9/h11-14,16-22,25H,15H2,1-10H3/t25-/m0/s1.